The summed E-state index contributed by atoms with van der Waals surface area (Å²) in [4.78, 5) is 11.1. The minimum Gasteiger partial charge on any atom is -0.338 e. The Kier molecular flexibility index (Phi) is 4.09. The molecule has 0 N–H and O–H groups in total. The molecule has 1 aliphatic rings. The minimum atomic E-state index is 0.363. The summed E-state index contributed by atoms with van der Waals surface area (Å²) in [7, 11) is 2.00. The van der Waals surface area contributed by atoms with Crippen LogP contribution in [0.5, 0.6) is 0 Å². The van der Waals surface area contributed by atoms with Crippen molar-refractivity contribution in [2.45, 2.75) is 39.3 Å². The highest BCUT2D eigenvalue weighted by Crippen LogP contribution is 2.36. The molecular weight excluding hydrogens is 316 g/mol. The van der Waals surface area contributed by atoms with Crippen molar-refractivity contribution in [2.75, 3.05) is 6.54 Å². The van der Waals surface area contributed by atoms with Gasteiger partial charge < -0.3 is 4.52 Å². The van der Waals surface area contributed by atoms with Crippen molar-refractivity contribution in [3.8, 4) is 11.4 Å². The van der Waals surface area contributed by atoms with Crippen molar-refractivity contribution >= 4 is 0 Å². The van der Waals surface area contributed by atoms with Gasteiger partial charge in [-0.1, -0.05) is 5.16 Å². The summed E-state index contributed by atoms with van der Waals surface area (Å²) in [6.45, 7) is 5.92. The molecule has 3 aromatic rings. The van der Waals surface area contributed by atoms with Crippen LogP contribution in [0.4, 0.5) is 0 Å². The Morgan fingerprint density at radius 1 is 1.32 bits per heavy atom. The normalized spacial score (nSPS) is 18.1. The summed E-state index contributed by atoms with van der Waals surface area (Å²) in [5.74, 6) is 1.23. The van der Waals surface area contributed by atoms with E-state index in [0.29, 0.717) is 24.3 Å². The molecule has 0 aliphatic carbocycles. The fraction of sp³-hybridized carbons (Fsp3) is 0.444. The molecule has 130 valence electrons. The van der Waals surface area contributed by atoms with Crippen molar-refractivity contribution in [1.82, 2.24) is 29.8 Å². The smallest absolute Gasteiger partial charge is 0.241 e. The lowest BCUT2D eigenvalue weighted by molar-refractivity contribution is 0.211. The van der Waals surface area contributed by atoms with Crippen LogP contribution in [0.25, 0.3) is 11.4 Å². The van der Waals surface area contributed by atoms with Gasteiger partial charge in [0.05, 0.1) is 12.2 Å². The van der Waals surface area contributed by atoms with Gasteiger partial charge in [-0.3, -0.25) is 14.6 Å². The van der Waals surface area contributed by atoms with Crippen molar-refractivity contribution in [1.29, 1.82) is 0 Å². The van der Waals surface area contributed by atoms with E-state index in [4.69, 9.17) is 4.52 Å². The Morgan fingerprint density at radius 2 is 2.20 bits per heavy atom. The van der Waals surface area contributed by atoms with E-state index in [9.17, 15) is 0 Å². The number of pyridine rings is 1. The molecule has 1 saturated heterocycles. The van der Waals surface area contributed by atoms with E-state index in [1.54, 1.807) is 12.4 Å². The van der Waals surface area contributed by atoms with Gasteiger partial charge in [0.15, 0.2) is 0 Å². The first kappa shape index (κ1) is 16.0. The Balaban J connectivity index is 1.55. The van der Waals surface area contributed by atoms with Crippen LogP contribution in [0, 0.1) is 13.8 Å². The molecule has 0 aromatic carbocycles. The van der Waals surface area contributed by atoms with Gasteiger partial charge in [-0.2, -0.15) is 10.1 Å². The van der Waals surface area contributed by atoms with E-state index in [1.807, 2.05) is 23.9 Å². The van der Waals surface area contributed by atoms with E-state index in [1.165, 1.54) is 17.7 Å². The first-order valence-electron chi connectivity index (χ1n) is 8.60. The highest BCUT2D eigenvalue weighted by atomic mass is 16.5. The van der Waals surface area contributed by atoms with Gasteiger partial charge in [0.2, 0.25) is 11.7 Å². The molecule has 0 radical (unpaired) electrons. The van der Waals surface area contributed by atoms with Gasteiger partial charge in [-0.15, -0.1) is 0 Å². The topological polar surface area (TPSA) is 72.9 Å². The van der Waals surface area contributed by atoms with E-state index < -0.39 is 0 Å². The van der Waals surface area contributed by atoms with Crippen LogP contribution in [0.15, 0.2) is 29.0 Å². The molecule has 0 bridgehead atoms. The van der Waals surface area contributed by atoms with Crippen LogP contribution in [-0.4, -0.2) is 36.3 Å². The van der Waals surface area contributed by atoms with Gasteiger partial charge in [0.25, 0.3) is 0 Å². The van der Waals surface area contributed by atoms with Crippen molar-refractivity contribution in [3.05, 3.63) is 47.4 Å². The monoisotopic (exact) mass is 338 g/mol. The van der Waals surface area contributed by atoms with Crippen LogP contribution in [0.1, 0.15) is 41.7 Å². The summed E-state index contributed by atoms with van der Waals surface area (Å²) in [6.07, 6.45) is 5.78. The molecule has 0 spiro atoms. The molecule has 1 aliphatic heterocycles. The quantitative estimate of drug-likeness (QED) is 0.728. The van der Waals surface area contributed by atoms with Crippen molar-refractivity contribution in [3.63, 3.8) is 0 Å². The lowest BCUT2D eigenvalue weighted by atomic mass is 10.0. The first-order chi connectivity index (χ1) is 12.1. The highest BCUT2D eigenvalue weighted by Gasteiger charge is 2.31. The molecule has 1 atom stereocenters. The minimum absolute atomic E-state index is 0.363. The number of aromatic nitrogens is 5. The zero-order valence-corrected chi connectivity index (χ0v) is 14.8. The maximum absolute atomic E-state index is 5.48. The molecule has 4 rings (SSSR count). The summed E-state index contributed by atoms with van der Waals surface area (Å²) >= 11 is 0. The summed E-state index contributed by atoms with van der Waals surface area (Å²) in [5, 5.41) is 8.67. The number of hydrogen-bond donors (Lipinski definition) is 0. The predicted molar refractivity (Wildman–Crippen MR) is 92.6 cm³/mol. The Hall–Kier alpha value is -2.54. The average molecular weight is 338 g/mol. The second-order valence-corrected chi connectivity index (χ2v) is 6.59. The van der Waals surface area contributed by atoms with Crippen LogP contribution in [0.3, 0.4) is 0 Å². The van der Waals surface area contributed by atoms with Crippen LogP contribution in [-0.2, 0) is 13.6 Å². The summed E-state index contributed by atoms with van der Waals surface area (Å²) in [5.41, 5.74) is 4.55. The van der Waals surface area contributed by atoms with E-state index >= 15 is 0 Å². The molecule has 1 fully saturated rings. The number of likely N-dealkylation sites (tertiary alicyclic amines) is 1. The predicted octanol–water partition coefficient (Wildman–Crippen LogP) is 2.82. The number of aryl methyl sites for hydroxylation is 2. The standard InChI is InChI=1S/C18H22N6O/c1-12-17(13(2)23(3)21-12)15-7-5-9-24(15)11-16-20-18(22-25-16)14-6-4-8-19-10-14/h4,6,8,10,15H,5,7,9,11H2,1-3H3/t15-/m1/s1. The third-order valence-electron chi connectivity index (χ3n) is 4.99. The largest absolute Gasteiger partial charge is 0.338 e. The lowest BCUT2D eigenvalue weighted by Crippen LogP contribution is -2.23. The Labute approximate surface area is 146 Å². The van der Waals surface area contributed by atoms with Gasteiger partial charge in [-0.25, -0.2) is 0 Å². The molecule has 0 unspecified atom stereocenters. The van der Waals surface area contributed by atoms with E-state index in [0.717, 1.165) is 24.2 Å². The van der Waals surface area contributed by atoms with Crippen LogP contribution in [0.2, 0.25) is 0 Å². The zero-order valence-electron chi connectivity index (χ0n) is 14.8. The van der Waals surface area contributed by atoms with Crippen molar-refractivity contribution < 1.29 is 4.52 Å². The van der Waals surface area contributed by atoms with Gasteiger partial charge in [-0.05, 0) is 45.4 Å². The number of nitrogens with zero attached hydrogens (tertiary/aromatic N) is 6. The highest BCUT2D eigenvalue weighted by molar-refractivity contribution is 5.51. The summed E-state index contributed by atoms with van der Waals surface area (Å²) in [6, 6.07) is 4.17. The molecule has 7 heteroatoms. The molecule has 4 heterocycles. The van der Waals surface area contributed by atoms with E-state index in [2.05, 4.69) is 39.0 Å². The van der Waals surface area contributed by atoms with Gasteiger partial charge in [0.1, 0.15) is 0 Å². The molecular formula is C18H22N6O. The molecule has 25 heavy (non-hydrogen) atoms. The zero-order chi connectivity index (χ0) is 17.4. The Bertz CT molecular complexity index is 869. The third-order valence-corrected chi connectivity index (χ3v) is 4.99. The fourth-order valence-electron chi connectivity index (χ4n) is 3.72. The fourth-order valence-corrected chi connectivity index (χ4v) is 3.72. The first-order valence-corrected chi connectivity index (χ1v) is 8.60. The molecule has 3 aromatic heterocycles. The maximum atomic E-state index is 5.48. The second-order valence-electron chi connectivity index (χ2n) is 6.59. The SMILES string of the molecule is Cc1nn(C)c(C)c1[C@H]1CCCN1Cc1nc(-c2cccnc2)no1. The third kappa shape index (κ3) is 2.95. The molecule has 7 nitrogen and oxygen atoms in total. The van der Waals surface area contributed by atoms with Crippen LogP contribution < -0.4 is 0 Å². The van der Waals surface area contributed by atoms with Crippen molar-refractivity contribution in [2.24, 2.45) is 7.05 Å². The maximum Gasteiger partial charge on any atom is 0.241 e. The van der Waals surface area contributed by atoms with Gasteiger partial charge in [0, 0.05) is 42.3 Å². The Morgan fingerprint density at radius 3 is 2.92 bits per heavy atom. The van der Waals surface area contributed by atoms with Crippen LogP contribution >= 0.6 is 0 Å². The molecule has 0 amide bonds. The van der Waals surface area contributed by atoms with E-state index in [-0.39, 0.29) is 0 Å². The van der Waals surface area contributed by atoms with Gasteiger partial charge >= 0.3 is 0 Å². The molecule has 0 saturated carbocycles. The summed E-state index contributed by atoms with van der Waals surface area (Å²) < 4.78 is 7.45. The lowest BCUT2D eigenvalue weighted by Gasteiger charge is -2.23. The number of rotatable bonds is 4. The second kappa shape index (κ2) is 6.40. The number of hydrogen-bond acceptors (Lipinski definition) is 6. The average Bonchev–Trinajstić information content (AvgIpc) is 3.31.